The quantitative estimate of drug-likeness (QED) is 0.605. The molecule has 0 spiro atoms. The Hall–Kier alpha value is -0.350. The third-order valence-electron chi connectivity index (χ3n) is 2.13. The number of rotatable bonds is 7. The smallest absolute Gasteiger partial charge is 0.252 e. The molecule has 0 aliphatic carbocycles. The summed E-state index contributed by atoms with van der Waals surface area (Å²) in [5.41, 5.74) is 0.778. The zero-order chi connectivity index (χ0) is 10.9. The highest BCUT2D eigenvalue weighted by Gasteiger charge is 2.03. The molecule has 0 bridgehead atoms. The Morgan fingerprint density at radius 3 is 2.80 bits per heavy atom. The van der Waals surface area contributed by atoms with Crippen LogP contribution in [-0.4, -0.2) is 17.8 Å². The highest BCUT2D eigenvalue weighted by Crippen LogP contribution is 2.05. The molecular formula is C11H16BrNOS. The molecule has 15 heavy (non-hydrogen) atoms. The minimum Gasteiger partial charge on any atom is -0.352 e. The lowest BCUT2D eigenvalue weighted by Gasteiger charge is -2.03. The van der Waals surface area contributed by atoms with E-state index in [0.29, 0.717) is 0 Å². The monoisotopic (exact) mass is 289 g/mol. The summed E-state index contributed by atoms with van der Waals surface area (Å²) < 4.78 is 0. The molecule has 0 unspecified atom stereocenters. The number of thiophene rings is 1. The average molecular weight is 290 g/mol. The average Bonchev–Trinajstić information content (AvgIpc) is 2.76. The first-order valence-electron chi connectivity index (χ1n) is 5.21. The van der Waals surface area contributed by atoms with Gasteiger partial charge in [0.15, 0.2) is 0 Å². The van der Waals surface area contributed by atoms with E-state index in [4.69, 9.17) is 0 Å². The first kappa shape index (κ1) is 12.7. The first-order chi connectivity index (χ1) is 7.34. The molecule has 0 saturated heterocycles. The van der Waals surface area contributed by atoms with Crippen molar-refractivity contribution in [2.24, 2.45) is 0 Å². The number of hydrogen-bond donors (Lipinski definition) is 1. The van der Waals surface area contributed by atoms with Crippen LogP contribution in [0.4, 0.5) is 0 Å². The molecule has 0 fully saturated rings. The molecule has 1 heterocycles. The van der Waals surface area contributed by atoms with Gasteiger partial charge in [0.2, 0.25) is 0 Å². The van der Waals surface area contributed by atoms with Gasteiger partial charge >= 0.3 is 0 Å². The Morgan fingerprint density at radius 1 is 1.33 bits per heavy atom. The first-order valence-corrected chi connectivity index (χ1v) is 7.27. The van der Waals surface area contributed by atoms with Crippen LogP contribution < -0.4 is 5.32 Å². The van der Waals surface area contributed by atoms with E-state index in [9.17, 15) is 4.79 Å². The van der Waals surface area contributed by atoms with Crippen molar-refractivity contribution in [3.63, 3.8) is 0 Å². The molecule has 1 amide bonds. The number of unbranched alkanes of at least 4 members (excludes halogenated alkanes) is 3. The number of nitrogens with one attached hydrogen (secondary N) is 1. The van der Waals surface area contributed by atoms with Crippen LogP contribution in [0.1, 0.15) is 36.0 Å². The number of alkyl halides is 1. The minimum atomic E-state index is 0.0525. The highest BCUT2D eigenvalue weighted by molar-refractivity contribution is 9.09. The van der Waals surface area contributed by atoms with E-state index in [1.54, 1.807) is 11.3 Å². The molecule has 4 heteroatoms. The Kier molecular flexibility index (Phi) is 6.68. The van der Waals surface area contributed by atoms with Gasteiger partial charge in [-0.1, -0.05) is 28.8 Å². The van der Waals surface area contributed by atoms with E-state index in [1.807, 2.05) is 16.8 Å². The van der Waals surface area contributed by atoms with Crippen molar-refractivity contribution in [3.8, 4) is 0 Å². The van der Waals surface area contributed by atoms with Crippen LogP contribution in [0.3, 0.4) is 0 Å². The van der Waals surface area contributed by atoms with E-state index in [2.05, 4.69) is 21.2 Å². The van der Waals surface area contributed by atoms with Crippen LogP contribution >= 0.6 is 27.3 Å². The molecule has 0 aromatic carbocycles. The molecule has 2 nitrogen and oxygen atoms in total. The molecule has 0 aliphatic rings. The Balaban J connectivity index is 2.03. The van der Waals surface area contributed by atoms with E-state index in [-0.39, 0.29) is 5.91 Å². The topological polar surface area (TPSA) is 29.1 Å². The number of hydrogen-bond acceptors (Lipinski definition) is 2. The summed E-state index contributed by atoms with van der Waals surface area (Å²) in [6, 6.07) is 1.85. The summed E-state index contributed by atoms with van der Waals surface area (Å²) in [5, 5.41) is 7.79. The molecule has 0 atom stereocenters. The second kappa shape index (κ2) is 7.88. The molecule has 1 aromatic rings. The van der Waals surface area contributed by atoms with Crippen LogP contribution in [0.2, 0.25) is 0 Å². The van der Waals surface area contributed by atoms with Crippen molar-refractivity contribution in [2.45, 2.75) is 25.7 Å². The molecule has 1 N–H and O–H groups in total. The van der Waals surface area contributed by atoms with Crippen molar-refractivity contribution >= 4 is 33.2 Å². The minimum absolute atomic E-state index is 0.0525. The van der Waals surface area contributed by atoms with Crippen LogP contribution in [-0.2, 0) is 0 Å². The predicted molar refractivity (Wildman–Crippen MR) is 68.9 cm³/mol. The fraction of sp³-hybridized carbons (Fsp3) is 0.545. The largest absolute Gasteiger partial charge is 0.352 e. The van der Waals surface area contributed by atoms with Crippen LogP contribution in [0, 0.1) is 0 Å². The zero-order valence-corrected chi connectivity index (χ0v) is 11.1. The molecular weight excluding hydrogens is 274 g/mol. The van der Waals surface area contributed by atoms with E-state index in [0.717, 1.165) is 23.9 Å². The number of carbonyl (C=O) groups excluding carboxylic acids is 1. The third kappa shape index (κ3) is 5.33. The van der Waals surface area contributed by atoms with E-state index >= 15 is 0 Å². The molecule has 1 rings (SSSR count). The Morgan fingerprint density at radius 2 is 2.13 bits per heavy atom. The van der Waals surface area contributed by atoms with Gasteiger partial charge in [-0.2, -0.15) is 11.3 Å². The summed E-state index contributed by atoms with van der Waals surface area (Å²) in [7, 11) is 0. The van der Waals surface area contributed by atoms with Crippen LogP contribution in [0.5, 0.6) is 0 Å². The van der Waals surface area contributed by atoms with Gasteiger partial charge in [-0.15, -0.1) is 0 Å². The van der Waals surface area contributed by atoms with Gasteiger partial charge < -0.3 is 5.32 Å². The predicted octanol–water partition coefficient (Wildman–Crippen LogP) is 3.43. The molecule has 1 aromatic heterocycles. The standard InChI is InChI=1S/C11H16BrNOS/c12-6-3-1-2-4-7-13-11(14)10-5-8-15-9-10/h5,8-9H,1-4,6-7H2,(H,13,14). The van der Waals surface area contributed by atoms with Gasteiger partial charge in [-0.3, -0.25) is 4.79 Å². The summed E-state index contributed by atoms with van der Waals surface area (Å²) in [6.45, 7) is 0.789. The lowest BCUT2D eigenvalue weighted by molar-refractivity contribution is 0.0953. The van der Waals surface area contributed by atoms with Crippen molar-refractivity contribution in [1.82, 2.24) is 5.32 Å². The zero-order valence-electron chi connectivity index (χ0n) is 8.67. The Bertz CT molecular complexity index is 274. The Labute approximate surface area is 103 Å². The fourth-order valence-corrected chi connectivity index (χ4v) is 2.30. The number of halogens is 1. The van der Waals surface area contributed by atoms with E-state index < -0.39 is 0 Å². The van der Waals surface area contributed by atoms with Gasteiger partial charge in [-0.05, 0) is 24.3 Å². The van der Waals surface area contributed by atoms with Gasteiger partial charge in [0.1, 0.15) is 0 Å². The summed E-state index contributed by atoms with van der Waals surface area (Å²) in [6.07, 6.45) is 4.72. The fourth-order valence-electron chi connectivity index (χ4n) is 1.27. The molecule has 0 radical (unpaired) electrons. The maximum absolute atomic E-state index is 11.5. The van der Waals surface area contributed by atoms with Crippen molar-refractivity contribution < 1.29 is 4.79 Å². The summed E-state index contributed by atoms with van der Waals surface area (Å²) >= 11 is 4.95. The number of carbonyl (C=O) groups is 1. The van der Waals surface area contributed by atoms with Gasteiger partial charge in [-0.25, -0.2) is 0 Å². The van der Waals surface area contributed by atoms with Crippen molar-refractivity contribution in [1.29, 1.82) is 0 Å². The molecule has 0 saturated carbocycles. The highest BCUT2D eigenvalue weighted by atomic mass is 79.9. The third-order valence-corrected chi connectivity index (χ3v) is 3.37. The van der Waals surface area contributed by atoms with Gasteiger partial charge in [0.25, 0.3) is 5.91 Å². The maximum atomic E-state index is 11.5. The molecule has 84 valence electrons. The summed E-state index contributed by atoms with van der Waals surface area (Å²) in [4.78, 5) is 11.5. The molecule has 0 aliphatic heterocycles. The van der Waals surface area contributed by atoms with Gasteiger partial charge in [0, 0.05) is 22.8 Å². The maximum Gasteiger partial charge on any atom is 0.252 e. The van der Waals surface area contributed by atoms with Crippen molar-refractivity contribution in [2.75, 3.05) is 11.9 Å². The second-order valence-electron chi connectivity index (χ2n) is 3.37. The van der Waals surface area contributed by atoms with Crippen LogP contribution in [0.25, 0.3) is 0 Å². The van der Waals surface area contributed by atoms with E-state index in [1.165, 1.54) is 19.3 Å². The van der Waals surface area contributed by atoms with Gasteiger partial charge in [0.05, 0.1) is 0 Å². The second-order valence-corrected chi connectivity index (χ2v) is 4.94. The van der Waals surface area contributed by atoms with Crippen molar-refractivity contribution in [3.05, 3.63) is 22.4 Å². The van der Waals surface area contributed by atoms with Crippen LogP contribution in [0.15, 0.2) is 16.8 Å². The normalized spacial score (nSPS) is 10.2. The summed E-state index contributed by atoms with van der Waals surface area (Å²) in [5.74, 6) is 0.0525. The number of amides is 1. The SMILES string of the molecule is O=C(NCCCCCCBr)c1ccsc1. The lowest BCUT2D eigenvalue weighted by Crippen LogP contribution is -2.23. The lowest BCUT2D eigenvalue weighted by atomic mass is 10.2.